The summed E-state index contributed by atoms with van der Waals surface area (Å²) in [6.45, 7) is 2.26. The number of carbonyl (C=O) groups is 1. The van der Waals surface area contributed by atoms with Crippen molar-refractivity contribution in [3.8, 4) is 6.07 Å². The summed E-state index contributed by atoms with van der Waals surface area (Å²) in [5.74, 6) is 0.898. The van der Waals surface area contributed by atoms with Gasteiger partial charge in [0.25, 0.3) is 5.56 Å². The molecule has 0 saturated heterocycles. The lowest BCUT2D eigenvalue weighted by molar-refractivity contribution is -0.125. The highest BCUT2D eigenvalue weighted by atomic mass is 16.2. The molecule has 2 aromatic heterocycles. The van der Waals surface area contributed by atoms with Gasteiger partial charge in [-0.1, -0.05) is 18.2 Å². The topological polar surface area (TPSA) is 139 Å². The van der Waals surface area contributed by atoms with Crippen LogP contribution in [0.15, 0.2) is 41.3 Å². The Hall–Kier alpha value is -4.19. The third kappa shape index (κ3) is 3.77. The lowest BCUT2D eigenvalue weighted by Crippen LogP contribution is -2.37. The first-order valence-electron chi connectivity index (χ1n) is 11.3. The predicted octanol–water partition coefficient (Wildman–Crippen LogP) is 2.30. The minimum atomic E-state index is -0.605. The van der Waals surface area contributed by atoms with Crippen molar-refractivity contribution in [2.75, 3.05) is 11.1 Å². The molecule has 0 spiro atoms. The Morgan fingerprint density at radius 1 is 1.26 bits per heavy atom. The van der Waals surface area contributed by atoms with E-state index in [0.717, 1.165) is 35.2 Å². The Morgan fingerprint density at radius 2 is 2.12 bits per heavy atom. The largest absolute Gasteiger partial charge is 0.384 e. The summed E-state index contributed by atoms with van der Waals surface area (Å²) >= 11 is 0. The second kappa shape index (κ2) is 8.63. The fourth-order valence-corrected chi connectivity index (χ4v) is 4.86. The zero-order valence-corrected chi connectivity index (χ0v) is 18.8. The van der Waals surface area contributed by atoms with Crippen molar-refractivity contribution in [2.24, 2.45) is 0 Å². The summed E-state index contributed by atoms with van der Waals surface area (Å²) in [6, 6.07) is 10.6. The van der Waals surface area contributed by atoms with Crippen LogP contribution >= 0.6 is 0 Å². The van der Waals surface area contributed by atoms with Gasteiger partial charge < -0.3 is 16.4 Å². The molecule has 0 fully saturated rings. The van der Waals surface area contributed by atoms with E-state index >= 15 is 0 Å². The number of amides is 1. The number of hydrogen-bond donors (Lipinski definition) is 3. The standard InChI is InChI=1S/C25H25N7O2/c1-14-15(11-26)3-2-4-16(14)12-28-20-13-29-23-10-8-21(32(23)25(20)34)24(33)31-19-7-6-18-17(19)5-9-22(27)30-18/h2-5,9,13,19,21,28H,6-8,10,12H2,1H3,(H2,27,30)(H,31,33)/t19?,21-/m0/s1. The van der Waals surface area contributed by atoms with Gasteiger partial charge in [-0.3, -0.25) is 14.2 Å². The van der Waals surface area contributed by atoms with E-state index in [1.807, 2.05) is 25.1 Å². The molecular formula is C25H25N7O2. The SMILES string of the molecule is Cc1c(C#N)cccc1CNc1cnc2n(c1=O)[C@H](C(=O)NC1CCc3nc(N)ccc31)CC2. The summed E-state index contributed by atoms with van der Waals surface area (Å²) < 4.78 is 1.51. The molecule has 0 radical (unpaired) electrons. The molecule has 2 aliphatic rings. The molecule has 0 bridgehead atoms. The first kappa shape index (κ1) is 21.6. The van der Waals surface area contributed by atoms with E-state index in [1.165, 1.54) is 10.8 Å². The number of hydrogen-bond acceptors (Lipinski definition) is 7. The van der Waals surface area contributed by atoms with Crippen molar-refractivity contribution in [3.63, 3.8) is 0 Å². The maximum absolute atomic E-state index is 13.3. The van der Waals surface area contributed by atoms with Crippen LogP contribution in [0.1, 0.15) is 58.7 Å². The molecule has 34 heavy (non-hydrogen) atoms. The van der Waals surface area contributed by atoms with Crippen LogP contribution in [-0.4, -0.2) is 20.4 Å². The Labute approximate surface area is 196 Å². The van der Waals surface area contributed by atoms with E-state index in [-0.39, 0.29) is 17.5 Å². The monoisotopic (exact) mass is 455 g/mol. The van der Waals surface area contributed by atoms with Crippen molar-refractivity contribution < 1.29 is 4.79 Å². The molecule has 172 valence electrons. The first-order valence-corrected chi connectivity index (χ1v) is 11.3. The number of carbonyl (C=O) groups excluding carboxylic acids is 1. The number of nitrogen functional groups attached to an aromatic ring is 1. The van der Waals surface area contributed by atoms with E-state index in [9.17, 15) is 14.9 Å². The fourth-order valence-electron chi connectivity index (χ4n) is 4.86. The van der Waals surface area contributed by atoms with Gasteiger partial charge in [-0.2, -0.15) is 5.26 Å². The number of nitrogens with zero attached hydrogens (tertiary/aromatic N) is 4. The van der Waals surface area contributed by atoms with Crippen LogP contribution in [0.2, 0.25) is 0 Å². The normalized spacial score (nSPS) is 18.1. The van der Waals surface area contributed by atoms with Gasteiger partial charge >= 0.3 is 0 Å². The Morgan fingerprint density at radius 3 is 2.94 bits per heavy atom. The van der Waals surface area contributed by atoms with Crippen LogP contribution in [0.25, 0.3) is 0 Å². The summed E-state index contributed by atoms with van der Waals surface area (Å²) in [5, 5.41) is 15.5. The number of nitriles is 1. The zero-order valence-electron chi connectivity index (χ0n) is 18.8. The van der Waals surface area contributed by atoms with Gasteiger partial charge in [-0.25, -0.2) is 9.97 Å². The lowest BCUT2D eigenvalue weighted by atomic mass is 10.0. The Bertz CT molecular complexity index is 1390. The molecule has 1 aromatic carbocycles. The Balaban J connectivity index is 1.34. The first-order chi connectivity index (χ1) is 16.5. The highest BCUT2D eigenvalue weighted by Crippen LogP contribution is 2.32. The van der Waals surface area contributed by atoms with Gasteiger partial charge in [0.2, 0.25) is 5.91 Å². The molecule has 5 rings (SSSR count). The molecule has 2 atom stereocenters. The number of fused-ring (bicyclic) bond motifs is 2. The summed E-state index contributed by atoms with van der Waals surface area (Å²) in [6.07, 6.45) is 4.14. The number of rotatable bonds is 5. The summed E-state index contributed by atoms with van der Waals surface area (Å²) in [4.78, 5) is 35.3. The second-order valence-corrected chi connectivity index (χ2v) is 8.74. The molecule has 9 nitrogen and oxygen atoms in total. The number of aryl methyl sites for hydroxylation is 2. The number of aromatic nitrogens is 3. The van der Waals surface area contributed by atoms with Gasteiger partial charge in [-0.05, 0) is 55.0 Å². The molecule has 9 heteroatoms. The van der Waals surface area contributed by atoms with Crippen molar-refractivity contribution in [1.29, 1.82) is 5.26 Å². The van der Waals surface area contributed by atoms with E-state index in [0.29, 0.717) is 42.3 Å². The van der Waals surface area contributed by atoms with Crippen LogP contribution in [-0.2, 0) is 24.2 Å². The Kier molecular flexibility index (Phi) is 5.49. The highest BCUT2D eigenvalue weighted by Gasteiger charge is 2.34. The van der Waals surface area contributed by atoms with E-state index in [1.54, 1.807) is 12.1 Å². The van der Waals surface area contributed by atoms with Crippen molar-refractivity contribution in [3.05, 3.63) is 80.7 Å². The van der Waals surface area contributed by atoms with Crippen molar-refractivity contribution >= 4 is 17.4 Å². The third-order valence-electron chi connectivity index (χ3n) is 6.75. The quantitative estimate of drug-likeness (QED) is 0.536. The van der Waals surface area contributed by atoms with E-state index in [4.69, 9.17) is 5.73 Å². The van der Waals surface area contributed by atoms with E-state index in [2.05, 4.69) is 26.7 Å². The molecule has 0 saturated carbocycles. The molecule has 1 aliphatic heterocycles. The maximum atomic E-state index is 13.3. The molecule has 1 unspecified atom stereocenters. The molecule has 3 heterocycles. The van der Waals surface area contributed by atoms with Gasteiger partial charge in [0, 0.05) is 18.7 Å². The summed E-state index contributed by atoms with van der Waals surface area (Å²) in [7, 11) is 0. The van der Waals surface area contributed by atoms with Crippen LogP contribution in [0.5, 0.6) is 0 Å². The third-order valence-corrected chi connectivity index (χ3v) is 6.75. The molecule has 4 N–H and O–H groups in total. The average molecular weight is 456 g/mol. The minimum absolute atomic E-state index is 0.139. The van der Waals surface area contributed by atoms with Gasteiger partial charge in [0.05, 0.1) is 23.9 Å². The second-order valence-electron chi connectivity index (χ2n) is 8.74. The highest BCUT2D eigenvalue weighted by molar-refractivity contribution is 5.81. The molecule has 1 amide bonds. The van der Waals surface area contributed by atoms with E-state index < -0.39 is 6.04 Å². The minimum Gasteiger partial charge on any atom is -0.384 e. The van der Waals surface area contributed by atoms with Crippen LogP contribution in [0, 0.1) is 18.3 Å². The van der Waals surface area contributed by atoms with Gasteiger partial charge in [0.1, 0.15) is 23.4 Å². The fraction of sp³-hybridized carbons (Fsp3) is 0.320. The summed E-state index contributed by atoms with van der Waals surface area (Å²) in [5.41, 5.74) is 10.1. The zero-order chi connectivity index (χ0) is 23.8. The number of nitrogens with one attached hydrogen (secondary N) is 2. The average Bonchev–Trinajstić information content (AvgIpc) is 3.44. The van der Waals surface area contributed by atoms with Gasteiger partial charge in [0.15, 0.2) is 0 Å². The maximum Gasteiger partial charge on any atom is 0.277 e. The molecule has 1 aliphatic carbocycles. The molecular weight excluding hydrogens is 430 g/mol. The number of pyridine rings is 1. The van der Waals surface area contributed by atoms with Crippen LogP contribution in [0.3, 0.4) is 0 Å². The number of anilines is 2. The van der Waals surface area contributed by atoms with Crippen molar-refractivity contribution in [1.82, 2.24) is 19.9 Å². The lowest BCUT2D eigenvalue weighted by Gasteiger charge is -2.19. The molecule has 3 aromatic rings. The number of benzene rings is 1. The van der Waals surface area contributed by atoms with Crippen LogP contribution in [0.4, 0.5) is 11.5 Å². The number of nitrogens with two attached hydrogens (primary N) is 1. The smallest absolute Gasteiger partial charge is 0.277 e. The van der Waals surface area contributed by atoms with Crippen molar-refractivity contribution in [2.45, 2.75) is 51.2 Å². The van der Waals surface area contributed by atoms with Gasteiger partial charge in [-0.15, -0.1) is 0 Å². The van der Waals surface area contributed by atoms with Crippen LogP contribution < -0.4 is 21.9 Å². The predicted molar refractivity (Wildman–Crippen MR) is 127 cm³/mol.